The van der Waals surface area contributed by atoms with Gasteiger partial charge in [0.2, 0.25) is 0 Å². The van der Waals surface area contributed by atoms with Gasteiger partial charge in [-0.1, -0.05) is 15.9 Å². The van der Waals surface area contributed by atoms with Crippen molar-refractivity contribution in [1.82, 2.24) is 4.98 Å². The van der Waals surface area contributed by atoms with Crippen LogP contribution in [-0.2, 0) is 12.8 Å². The van der Waals surface area contributed by atoms with Crippen LogP contribution >= 0.6 is 15.9 Å². The second-order valence-electron chi connectivity index (χ2n) is 5.08. The Morgan fingerprint density at radius 1 is 1.12 bits per heavy atom. The predicted octanol–water partition coefficient (Wildman–Crippen LogP) is 4.27. The average molecular weight is 434 g/mol. The van der Waals surface area contributed by atoms with Crippen molar-refractivity contribution in [3.63, 3.8) is 0 Å². The predicted molar refractivity (Wildman–Crippen MR) is 91.2 cm³/mol. The Hall–Kier alpha value is -2.29. The number of halogens is 4. The molecule has 1 heterocycles. The third kappa shape index (κ3) is 4.66. The monoisotopic (exact) mass is 433 g/mol. The molecule has 0 N–H and O–H groups in total. The van der Waals surface area contributed by atoms with E-state index in [4.69, 9.17) is 14.2 Å². The van der Waals surface area contributed by atoms with Gasteiger partial charge in [0.25, 0.3) is 0 Å². The highest BCUT2D eigenvalue weighted by atomic mass is 79.9. The zero-order valence-corrected chi connectivity index (χ0v) is 15.5. The summed E-state index contributed by atoms with van der Waals surface area (Å²) in [5.74, 6) is 0.668. The number of rotatable bonds is 7. The summed E-state index contributed by atoms with van der Waals surface area (Å²) in [5.41, 5.74) is -0.209. The molecule has 26 heavy (non-hydrogen) atoms. The lowest BCUT2D eigenvalue weighted by molar-refractivity contribution is -0.137. The van der Waals surface area contributed by atoms with Crippen LogP contribution in [0.3, 0.4) is 0 Å². The molecule has 0 aliphatic rings. The number of hydrogen-bond acceptors (Lipinski definition) is 5. The number of carbonyl (C=O) groups excluding carboxylic acids is 1. The van der Waals surface area contributed by atoms with Crippen LogP contribution in [0.25, 0.3) is 0 Å². The highest BCUT2D eigenvalue weighted by Gasteiger charge is 2.30. The molecule has 0 amide bonds. The number of nitrogens with zero attached hydrogens (tertiary/aromatic N) is 1. The van der Waals surface area contributed by atoms with Gasteiger partial charge in [-0.2, -0.15) is 13.2 Å². The Balaban J connectivity index is 2.22. The van der Waals surface area contributed by atoms with Crippen LogP contribution in [-0.4, -0.2) is 30.3 Å². The fourth-order valence-corrected chi connectivity index (χ4v) is 2.40. The lowest BCUT2D eigenvalue weighted by Gasteiger charge is -2.15. The molecule has 1 aromatic heterocycles. The SMILES string of the molecule is COc1cc(C(=O)CBr)c(OC)cc1OCc1ccc(C(F)(F)F)cn1. The van der Waals surface area contributed by atoms with E-state index in [0.29, 0.717) is 22.8 Å². The normalized spacial score (nSPS) is 11.2. The van der Waals surface area contributed by atoms with Crippen molar-refractivity contribution in [3.05, 3.63) is 47.3 Å². The van der Waals surface area contributed by atoms with Crippen LogP contribution in [0.5, 0.6) is 17.2 Å². The van der Waals surface area contributed by atoms with E-state index in [2.05, 4.69) is 20.9 Å². The number of ketones is 1. The molecule has 0 aliphatic heterocycles. The Bertz CT molecular complexity index is 779. The molecule has 140 valence electrons. The number of ether oxygens (including phenoxy) is 3. The highest BCUT2D eigenvalue weighted by molar-refractivity contribution is 9.09. The van der Waals surface area contributed by atoms with E-state index in [1.807, 2.05) is 0 Å². The molecule has 1 aromatic carbocycles. The molecule has 0 spiro atoms. The number of carbonyl (C=O) groups is 1. The number of benzene rings is 1. The first kappa shape index (κ1) is 20.0. The van der Waals surface area contributed by atoms with Crippen molar-refractivity contribution < 1.29 is 32.2 Å². The van der Waals surface area contributed by atoms with Crippen LogP contribution in [0, 0.1) is 0 Å². The summed E-state index contributed by atoms with van der Waals surface area (Å²) in [6.45, 7) is -0.0800. The van der Waals surface area contributed by atoms with Gasteiger partial charge in [-0.15, -0.1) is 0 Å². The van der Waals surface area contributed by atoms with Crippen molar-refractivity contribution in [2.75, 3.05) is 19.5 Å². The van der Waals surface area contributed by atoms with E-state index in [1.54, 1.807) is 0 Å². The first-order chi connectivity index (χ1) is 12.3. The molecule has 0 bridgehead atoms. The Morgan fingerprint density at radius 2 is 1.81 bits per heavy atom. The number of aromatic nitrogens is 1. The lowest BCUT2D eigenvalue weighted by Crippen LogP contribution is -2.08. The summed E-state index contributed by atoms with van der Waals surface area (Å²) >= 11 is 3.10. The smallest absolute Gasteiger partial charge is 0.417 e. The summed E-state index contributed by atoms with van der Waals surface area (Å²) in [7, 11) is 2.82. The fraction of sp³-hybridized carbons (Fsp3) is 0.294. The number of methoxy groups -OCH3 is 2. The van der Waals surface area contributed by atoms with Crippen molar-refractivity contribution in [2.24, 2.45) is 0 Å². The summed E-state index contributed by atoms with van der Waals surface area (Å²) in [6, 6.07) is 5.13. The van der Waals surface area contributed by atoms with Gasteiger partial charge < -0.3 is 14.2 Å². The van der Waals surface area contributed by atoms with Gasteiger partial charge in [0.05, 0.1) is 36.4 Å². The van der Waals surface area contributed by atoms with Gasteiger partial charge in [-0.3, -0.25) is 9.78 Å². The van der Waals surface area contributed by atoms with E-state index < -0.39 is 11.7 Å². The maximum absolute atomic E-state index is 12.6. The van der Waals surface area contributed by atoms with Crippen molar-refractivity contribution in [1.29, 1.82) is 0 Å². The van der Waals surface area contributed by atoms with Crippen LogP contribution in [0.1, 0.15) is 21.6 Å². The zero-order chi connectivity index (χ0) is 19.3. The Labute approximate surface area is 156 Å². The quantitative estimate of drug-likeness (QED) is 0.481. The minimum absolute atomic E-state index is 0.0800. The molecule has 2 aromatic rings. The molecule has 0 atom stereocenters. The van der Waals surface area contributed by atoms with Crippen molar-refractivity contribution in [2.45, 2.75) is 12.8 Å². The van der Waals surface area contributed by atoms with Crippen LogP contribution in [0.2, 0.25) is 0 Å². The topological polar surface area (TPSA) is 57.7 Å². The summed E-state index contributed by atoms with van der Waals surface area (Å²) in [4.78, 5) is 15.7. The summed E-state index contributed by atoms with van der Waals surface area (Å²) < 4.78 is 53.6. The van der Waals surface area contributed by atoms with Gasteiger partial charge in [-0.05, 0) is 18.2 Å². The minimum atomic E-state index is -4.44. The first-order valence-electron chi connectivity index (χ1n) is 7.30. The number of hydrogen-bond donors (Lipinski definition) is 0. The fourth-order valence-electron chi connectivity index (χ4n) is 2.10. The standard InChI is InChI=1S/C17H15BrF3NO4/c1-24-14-6-16(15(25-2)5-12(14)13(23)7-18)26-9-11-4-3-10(8-22-11)17(19,20)21/h3-6,8H,7,9H2,1-2H3. The molecule has 2 rings (SSSR count). The summed E-state index contributed by atoms with van der Waals surface area (Å²) in [6.07, 6.45) is -3.70. The van der Waals surface area contributed by atoms with Crippen LogP contribution < -0.4 is 14.2 Å². The molecule has 0 fully saturated rings. The number of alkyl halides is 4. The molecular weight excluding hydrogens is 419 g/mol. The van der Waals surface area contributed by atoms with E-state index in [1.165, 1.54) is 32.4 Å². The van der Waals surface area contributed by atoms with Gasteiger partial charge in [0.15, 0.2) is 17.3 Å². The molecule has 0 radical (unpaired) electrons. The zero-order valence-electron chi connectivity index (χ0n) is 13.9. The second-order valence-corrected chi connectivity index (χ2v) is 5.65. The lowest BCUT2D eigenvalue weighted by atomic mass is 10.1. The maximum atomic E-state index is 12.6. The largest absolute Gasteiger partial charge is 0.496 e. The molecule has 0 unspecified atom stereocenters. The molecule has 0 saturated carbocycles. The third-order valence-corrected chi connectivity index (χ3v) is 3.94. The summed E-state index contributed by atoms with van der Waals surface area (Å²) in [5, 5.41) is 0.113. The van der Waals surface area contributed by atoms with E-state index in [0.717, 1.165) is 12.3 Å². The van der Waals surface area contributed by atoms with Crippen LogP contribution in [0.15, 0.2) is 30.5 Å². The average Bonchev–Trinajstić information content (AvgIpc) is 2.64. The van der Waals surface area contributed by atoms with E-state index >= 15 is 0 Å². The van der Waals surface area contributed by atoms with Gasteiger partial charge in [-0.25, -0.2) is 0 Å². The van der Waals surface area contributed by atoms with Gasteiger partial charge in [0.1, 0.15) is 12.4 Å². The third-order valence-electron chi connectivity index (χ3n) is 3.44. The van der Waals surface area contributed by atoms with Gasteiger partial charge in [0, 0.05) is 12.3 Å². The minimum Gasteiger partial charge on any atom is -0.496 e. The van der Waals surface area contributed by atoms with Crippen LogP contribution in [0.4, 0.5) is 13.2 Å². The van der Waals surface area contributed by atoms with E-state index in [-0.39, 0.29) is 23.5 Å². The molecule has 9 heteroatoms. The molecule has 0 saturated heterocycles. The van der Waals surface area contributed by atoms with E-state index in [9.17, 15) is 18.0 Å². The Kier molecular flexibility index (Phi) is 6.47. The first-order valence-corrected chi connectivity index (χ1v) is 8.42. The molecular formula is C17H15BrF3NO4. The van der Waals surface area contributed by atoms with Crippen molar-refractivity contribution >= 4 is 21.7 Å². The molecule has 0 aliphatic carbocycles. The second kappa shape index (κ2) is 8.39. The number of Topliss-reactive ketones (excluding diaryl/α,β-unsaturated/α-hetero) is 1. The number of pyridine rings is 1. The van der Waals surface area contributed by atoms with Crippen molar-refractivity contribution in [3.8, 4) is 17.2 Å². The Morgan fingerprint density at radius 3 is 2.31 bits per heavy atom. The van der Waals surface area contributed by atoms with Gasteiger partial charge >= 0.3 is 6.18 Å². The highest BCUT2D eigenvalue weighted by Crippen LogP contribution is 2.36. The molecule has 5 nitrogen and oxygen atoms in total. The maximum Gasteiger partial charge on any atom is 0.417 e.